The fourth-order valence-electron chi connectivity index (χ4n) is 4.55. The minimum Gasteiger partial charge on any atom is -0.457 e. The molecule has 4 rings (SSSR count). The van der Waals surface area contributed by atoms with Crippen molar-refractivity contribution in [2.45, 2.75) is 71.1 Å². The summed E-state index contributed by atoms with van der Waals surface area (Å²) in [4.78, 5) is 36.7. The number of benzene rings is 3. The van der Waals surface area contributed by atoms with E-state index in [1.165, 1.54) is 13.1 Å². The largest absolute Gasteiger partial charge is 0.457 e. The fraction of sp³-hybridized carbons (Fsp3) is 0.333. The molecule has 0 radical (unpaired) electrons. The van der Waals surface area contributed by atoms with Gasteiger partial charge in [0, 0.05) is 35.1 Å². The van der Waals surface area contributed by atoms with Crippen LogP contribution in [0.5, 0.6) is 23.0 Å². The van der Waals surface area contributed by atoms with Gasteiger partial charge in [0.1, 0.15) is 28.6 Å². The van der Waals surface area contributed by atoms with Crippen LogP contribution in [-0.4, -0.2) is 52.2 Å². The number of hydrogen-bond donors (Lipinski definition) is 3. The van der Waals surface area contributed by atoms with Crippen molar-refractivity contribution >= 4 is 40.1 Å². The summed E-state index contributed by atoms with van der Waals surface area (Å²) < 4.78 is 18.4. The molecule has 0 bridgehead atoms. The van der Waals surface area contributed by atoms with E-state index < -0.39 is 17.6 Å². The smallest absolute Gasteiger partial charge is 0.407 e. The van der Waals surface area contributed by atoms with Gasteiger partial charge in [-0.05, 0) is 113 Å². The number of amides is 3. The Kier molecular flexibility index (Phi) is 11.2. The molecule has 0 aliphatic heterocycles. The zero-order valence-corrected chi connectivity index (χ0v) is 27.2. The number of hydrogen-bond acceptors (Lipinski definition) is 8. The molecule has 0 heterocycles. The van der Waals surface area contributed by atoms with Crippen LogP contribution in [0.15, 0.2) is 76.3 Å². The summed E-state index contributed by atoms with van der Waals surface area (Å²) in [7, 11) is 0. The van der Waals surface area contributed by atoms with Gasteiger partial charge in [0.25, 0.3) is 11.8 Å². The van der Waals surface area contributed by atoms with Crippen molar-refractivity contribution in [2.24, 2.45) is 5.10 Å². The van der Waals surface area contributed by atoms with Crippen LogP contribution in [0.1, 0.15) is 69.3 Å². The summed E-state index contributed by atoms with van der Waals surface area (Å²) in [6.45, 7) is 6.66. The second-order valence-electron chi connectivity index (χ2n) is 11.6. The highest BCUT2D eigenvalue weighted by Gasteiger charge is 2.26. The molecule has 1 aliphatic carbocycles. The van der Waals surface area contributed by atoms with E-state index >= 15 is 0 Å². The van der Waals surface area contributed by atoms with E-state index in [9.17, 15) is 19.6 Å². The number of hydrazone groups is 1. The summed E-state index contributed by atoms with van der Waals surface area (Å²) in [6.07, 6.45) is 3.76. The average Bonchev–Trinajstić information content (AvgIpc) is 2.97. The third kappa shape index (κ3) is 10.9. The van der Waals surface area contributed by atoms with E-state index in [-0.39, 0.29) is 23.2 Å². The molecule has 238 valence electrons. The number of rotatable bonds is 9. The van der Waals surface area contributed by atoms with Gasteiger partial charge in [0.2, 0.25) is 0 Å². The van der Waals surface area contributed by atoms with Crippen molar-refractivity contribution in [3.8, 4) is 23.0 Å². The zero-order chi connectivity index (χ0) is 32.6. The molecular weight excluding hydrogens is 644 g/mol. The first-order chi connectivity index (χ1) is 21.3. The molecule has 3 amide bonds. The Bertz CT molecular complexity index is 1510. The molecule has 0 saturated heterocycles. The Labute approximate surface area is 270 Å². The van der Waals surface area contributed by atoms with Crippen LogP contribution in [0, 0.1) is 0 Å². The number of nitrogens with one attached hydrogen (secondary N) is 2. The lowest BCUT2D eigenvalue weighted by Gasteiger charge is -2.30. The van der Waals surface area contributed by atoms with Gasteiger partial charge in [-0.3, -0.25) is 14.8 Å². The van der Waals surface area contributed by atoms with Crippen LogP contribution in [0.2, 0.25) is 0 Å². The van der Waals surface area contributed by atoms with Crippen LogP contribution in [0.4, 0.5) is 4.79 Å². The van der Waals surface area contributed by atoms with Crippen molar-refractivity contribution in [2.75, 3.05) is 0 Å². The molecule has 11 nitrogen and oxygen atoms in total. The van der Waals surface area contributed by atoms with E-state index in [2.05, 4.69) is 31.7 Å². The Morgan fingerprint density at radius 1 is 0.844 bits per heavy atom. The summed E-state index contributed by atoms with van der Waals surface area (Å²) in [5.74, 6) is 1.00. The van der Waals surface area contributed by atoms with Gasteiger partial charge in [0.15, 0.2) is 0 Å². The molecule has 3 N–H and O–H groups in total. The molecule has 3 aromatic carbocycles. The van der Waals surface area contributed by atoms with E-state index in [0.717, 1.165) is 17.3 Å². The van der Waals surface area contributed by atoms with Crippen LogP contribution in [0.3, 0.4) is 0 Å². The van der Waals surface area contributed by atoms with E-state index in [1.807, 2.05) is 32.9 Å². The normalized spacial score (nSPS) is 16.5. The van der Waals surface area contributed by atoms with Crippen LogP contribution in [-0.2, 0) is 9.53 Å². The topological polar surface area (TPSA) is 139 Å². The van der Waals surface area contributed by atoms with E-state index in [4.69, 9.17) is 14.2 Å². The van der Waals surface area contributed by atoms with Gasteiger partial charge >= 0.3 is 6.09 Å². The number of alkyl carbamates (subject to hydrolysis) is 1. The number of carbonyl (C=O) groups is 3. The molecule has 0 atom stereocenters. The Hall–Kier alpha value is -4.42. The minimum atomic E-state index is -0.612. The first-order valence-electron chi connectivity index (χ1n) is 14.5. The molecule has 45 heavy (non-hydrogen) atoms. The molecule has 3 aromatic rings. The number of halogens is 1. The molecule has 0 spiro atoms. The SMILES string of the molecule is CC(=O)N(O)/N=C/c1ccc(Oc2cc(Oc3ccc(Br)cc3)cc(C(=O)NC3CCC(NC(=O)OC(C)(C)C)CC3)c2)cc1. The number of nitrogens with zero attached hydrogens (tertiary/aromatic N) is 2. The second kappa shape index (κ2) is 15.0. The predicted octanol–water partition coefficient (Wildman–Crippen LogP) is 7.17. The lowest BCUT2D eigenvalue weighted by Crippen LogP contribution is -2.45. The first-order valence-corrected chi connectivity index (χ1v) is 15.3. The molecule has 1 fully saturated rings. The molecule has 12 heteroatoms. The number of carbonyl (C=O) groups excluding carboxylic acids is 3. The lowest BCUT2D eigenvalue weighted by atomic mass is 9.91. The summed E-state index contributed by atoms with van der Waals surface area (Å²) in [6, 6.07) is 19.1. The highest BCUT2D eigenvalue weighted by molar-refractivity contribution is 9.10. The fourth-order valence-corrected chi connectivity index (χ4v) is 4.81. The van der Waals surface area contributed by atoms with Crippen LogP contribution >= 0.6 is 15.9 Å². The highest BCUT2D eigenvalue weighted by Crippen LogP contribution is 2.31. The Morgan fingerprint density at radius 2 is 1.36 bits per heavy atom. The van der Waals surface area contributed by atoms with Gasteiger partial charge in [-0.15, -0.1) is 5.17 Å². The Morgan fingerprint density at radius 3 is 1.87 bits per heavy atom. The monoisotopic (exact) mass is 680 g/mol. The second-order valence-corrected chi connectivity index (χ2v) is 12.6. The van der Waals surface area contributed by atoms with Crippen molar-refractivity contribution < 1.29 is 33.8 Å². The third-order valence-corrected chi connectivity index (χ3v) is 7.22. The van der Waals surface area contributed by atoms with Crippen molar-refractivity contribution in [1.82, 2.24) is 15.8 Å². The maximum absolute atomic E-state index is 13.4. The van der Waals surface area contributed by atoms with Gasteiger partial charge in [0.05, 0.1) is 6.21 Å². The van der Waals surface area contributed by atoms with Crippen LogP contribution in [0.25, 0.3) is 0 Å². The zero-order valence-electron chi connectivity index (χ0n) is 25.6. The van der Waals surface area contributed by atoms with Gasteiger partial charge in [-0.25, -0.2) is 4.79 Å². The Balaban J connectivity index is 1.45. The molecule has 0 aromatic heterocycles. The molecule has 1 aliphatic rings. The summed E-state index contributed by atoms with van der Waals surface area (Å²) in [5, 5.41) is 19.4. The van der Waals surface area contributed by atoms with Gasteiger partial charge in [-0.1, -0.05) is 15.9 Å². The number of ether oxygens (including phenoxy) is 3. The van der Waals surface area contributed by atoms with Gasteiger partial charge in [-0.2, -0.15) is 5.10 Å². The predicted molar refractivity (Wildman–Crippen MR) is 172 cm³/mol. The average molecular weight is 682 g/mol. The number of hydroxylamine groups is 1. The molecule has 0 unspecified atom stereocenters. The summed E-state index contributed by atoms with van der Waals surface area (Å²) in [5.41, 5.74) is 0.432. The first kappa shape index (κ1) is 33.5. The summed E-state index contributed by atoms with van der Waals surface area (Å²) >= 11 is 3.42. The maximum Gasteiger partial charge on any atom is 0.407 e. The van der Waals surface area contributed by atoms with Crippen molar-refractivity contribution in [3.63, 3.8) is 0 Å². The molecular formula is C33H37BrN4O7. The van der Waals surface area contributed by atoms with Crippen LogP contribution < -0.4 is 20.1 Å². The lowest BCUT2D eigenvalue weighted by molar-refractivity contribution is -0.162. The molecule has 1 saturated carbocycles. The van der Waals surface area contributed by atoms with Crippen molar-refractivity contribution in [1.29, 1.82) is 0 Å². The third-order valence-electron chi connectivity index (χ3n) is 6.69. The standard InChI is InChI=1S/C33H37BrN4O7/c1-21(39)38(42)35-20-22-5-13-27(14-6-22)43-29-17-23(18-30(19-29)44-28-15-7-24(34)8-16-28)31(40)36-25-9-11-26(12-10-25)37-32(41)45-33(2,3)4/h5-8,13-20,25-26,42H,9-12H2,1-4H3,(H,36,40)(H,37,41)/b35-20+. The van der Waals surface area contributed by atoms with E-state index in [1.54, 1.807) is 54.6 Å². The minimum absolute atomic E-state index is 0.00925. The maximum atomic E-state index is 13.4. The van der Waals surface area contributed by atoms with E-state index in [0.29, 0.717) is 47.0 Å². The quantitative estimate of drug-likeness (QED) is 0.124. The van der Waals surface area contributed by atoms with Gasteiger partial charge < -0.3 is 24.8 Å². The van der Waals surface area contributed by atoms with Crippen molar-refractivity contribution in [3.05, 3.63) is 82.3 Å². The highest BCUT2D eigenvalue weighted by atomic mass is 79.9.